The van der Waals surface area contributed by atoms with Gasteiger partial charge < -0.3 is 9.80 Å². The van der Waals surface area contributed by atoms with Crippen LogP contribution in [0.25, 0.3) is 10.2 Å². The number of hydrogen-bond acceptors (Lipinski definition) is 6. The molecular weight excluding hydrogens is 404 g/mol. The fourth-order valence-electron chi connectivity index (χ4n) is 3.87. The summed E-state index contributed by atoms with van der Waals surface area (Å²) in [6, 6.07) is 0. The summed E-state index contributed by atoms with van der Waals surface area (Å²) in [5.41, 5.74) is 1.30. The maximum Gasteiger partial charge on any atom is 0.263 e. The van der Waals surface area contributed by atoms with E-state index < -0.39 is 0 Å². The van der Waals surface area contributed by atoms with E-state index in [2.05, 4.69) is 4.90 Å². The maximum absolute atomic E-state index is 13.5. The first-order valence-electron chi connectivity index (χ1n) is 10.6. The van der Waals surface area contributed by atoms with Crippen LogP contribution in [0.3, 0.4) is 0 Å². The van der Waals surface area contributed by atoms with Crippen molar-refractivity contribution in [1.82, 2.24) is 19.4 Å². The van der Waals surface area contributed by atoms with Crippen molar-refractivity contribution in [2.24, 2.45) is 0 Å². The summed E-state index contributed by atoms with van der Waals surface area (Å²) in [6.45, 7) is 6.93. The predicted molar refractivity (Wildman–Crippen MR) is 122 cm³/mol. The molecule has 0 aliphatic heterocycles. The molecule has 0 spiro atoms. The number of carbonyl (C=O) groups excluding carboxylic acids is 1. The second-order valence-electron chi connectivity index (χ2n) is 7.75. The number of hydrogen-bond donors (Lipinski definition) is 0. The van der Waals surface area contributed by atoms with Crippen LogP contribution < -0.4 is 5.56 Å². The van der Waals surface area contributed by atoms with Crippen molar-refractivity contribution in [3.8, 4) is 0 Å². The molecule has 0 radical (unpaired) electrons. The molecule has 160 valence electrons. The van der Waals surface area contributed by atoms with Crippen LogP contribution in [0.4, 0.5) is 0 Å². The van der Waals surface area contributed by atoms with Gasteiger partial charge in [0.2, 0.25) is 5.91 Å². The van der Waals surface area contributed by atoms with Gasteiger partial charge in [-0.3, -0.25) is 14.2 Å². The Balaban J connectivity index is 1.95. The van der Waals surface area contributed by atoms with E-state index in [1.54, 1.807) is 11.3 Å². The third kappa shape index (κ3) is 5.03. The number of carbonyl (C=O) groups is 1. The highest BCUT2D eigenvalue weighted by Crippen LogP contribution is 2.34. The first-order valence-corrected chi connectivity index (χ1v) is 12.4. The molecule has 6 nitrogen and oxygen atoms in total. The summed E-state index contributed by atoms with van der Waals surface area (Å²) in [5, 5.41) is 1.51. The molecule has 3 rings (SSSR count). The van der Waals surface area contributed by atoms with Gasteiger partial charge in [0.05, 0.1) is 11.1 Å². The lowest BCUT2D eigenvalue weighted by atomic mass is 9.97. The van der Waals surface area contributed by atoms with Gasteiger partial charge in [-0.25, -0.2) is 4.98 Å². The Kier molecular flexibility index (Phi) is 7.76. The number of amides is 1. The van der Waals surface area contributed by atoms with Crippen molar-refractivity contribution < 1.29 is 4.79 Å². The Hall–Kier alpha value is -1.38. The highest BCUT2D eigenvalue weighted by Gasteiger charge is 2.23. The van der Waals surface area contributed by atoms with E-state index in [9.17, 15) is 9.59 Å². The van der Waals surface area contributed by atoms with Gasteiger partial charge in [0.1, 0.15) is 4.83 Å². The van der Waals surface area contributed by atoms with E-state index in [-0.39, 0.29) is 11.5 Å². The molecule has 1 aliphatic carbocycles. The van der Waals surface area contributed by atoms with Crippen molar-refractivity contribution in [2.45, 2.75) is 57.7 Å². The lowest BCUT2D eigenvalue weighted by molar-refractivity contribution is -0.127. The fraction of sp³-hybridized carbons (Fsp3) is 0.667. The molecule has 0 N–H and O–H groups in total. The number of nitrogens with zero attached hydrogens (tertiary/aromatic N) is 4. The van der Waals surface area contributed by atoms with Crippen LogP contribution in [0.5, 0.6) is 0 Å². The molecule has 29 heavy (non-hydrogen) atoms. The summed E-state index contributed by atoms with van der Waals surface area (Å²) >= 11 is 3.08. The van der Waals surface area contributed by atoms with Gasteiger partial charge in [-0.05, 0) is 72.2 Å². The molecule has 8 heteroatoms. The summed E-state index contributed by atoms with van der Waals surface area (Å²) in [6.07, 6.45) is 5.25. The molecule has 0 aromatic carbocycles. The zero-order chi connectivity index (χ0) is 21.0. The van der Waals surface area contributed by atoms with Gasteiger partial charge in [-0.1, -0.05) is 11.8 Å². The van der Waals surface area contributed by atoms with E-state index in [0.717, 1.165) is 42.4 Å². The van der Waals surface area contributed by atoms with Crippen LogP contribution in [0.15, 0.2) is 9.95 Å². The first kappa shape index (κ1) is 22.3. The van der Waals surface area contributed by atoms with Crippen molar-refractivity contribution in [3.05, 3.63) is 20.8 Å². The van der Waals surface area contributed by atoms with E-state index >= 15 is 0 Å². The molecule has 0 atom stereocenters. The minimum atomic E-state index is 0.0749. The Morgan fingerprint density at radius 3 is 2.62 bits per heavy atom. The second-order valence-corrected chi connectivity index (χ2v) is 9.78. The van der Waals surface area contributed by atoms with Crippen LogP contribution in [-0.4, -0.2) is 64.7 Å². The highest BCUT2D eigenvalue weighted by atomic mass is 32.2. The maximum atomic E-state index is 13.5. The van der Waals surface area contributed by atoms with Gasteiger partial charge in [0, 0.05) is 24.5 Å². The molecule has 0 unspecified atom stereocenters. The molecule has 0 bridgehead atoms. The largest absolute Gasteiger partial charge is 0.343 e. The number of rotatable bonds is 9. The number of thiophene rings is 1. The molecule has 2 heterocycles. The number of aromatic nitrogens is 2. The van der Waals surface area contributed by atoms with Crippen LogP contribution in [0.2, 0.25) is 0 Å². The number of fused-ring (bicyclic) bond motifs is 3. The zero-order valence-electron chi connectivity index (χ0n) is 18.0. The summed E-state index contributed by atoms with van der Waals surface area (Å²) in [4.78, 5) is 37.0. The molecule has 0 saturated heterocycles. The second kappa shape index (κ2) is 10.1. The Labute approximate surface area is 181 Å². The number of thioether (sulfide) groups is 1. The van der Waals surface area contributed by atoms with Crippen LogP contribution in [0.1, 0.15) is 43.6 Å². The smallest absolute Gasteiger partial charge is 0.263 e. The highest BCUT2D eigenvalue weighted by molar-refractivity contribution is 7.99. The van der Waals surface area contributed by atoms with Crippen LogP contribution >= 0.6 is 23.1 Å². The summed E-state index contributed by atoms with van der Waals surface area (Å²) in [7, 11) is 4.08. The van der Waals surface area contributed by atoms with Crippen molar-refractivity contribution in [2.75, 3.05) is 39.5 Å². The lowest BCUT2D eigenvalue weighted by Gasteiger charge is -2.19. The third-order valence-electron chi connectivity index (χ3n) is 5.47. The van der Waals surface area contributed by atoms with Crippen LogP contribution in [-0.2, 0) is 24.2 Å². The molecular formula is C21H32N4O2S2. The Morgan fingerprint density at radius 1 is 1.21 bits per heavy atom. The fourth-order valence-corrected chi connectivity index (χ4v) is 6.10. The van der Waals surface area contributed by atoms with E-state index in [4.69, 9.17) is 4.98 Å². The Bertz CT molecular complexity index is 916. The predicted octanol–water partition coefficient (Wildman–Crippen LogP) is 3.25. The lowest BCUT2D eigenvalue weighted by Crippen LogP contribution is -2.32. The van der Waals surface area contributed by atoms with Gasteiger partial charge in [0.25, 0.3) is 5.56 Å². The van der Waals surface area contributed by atoms with Gasteiger partial charge in [-0.15, -0.1) is 11.3 Å². The van der Waals surface area contributed by atoms with E-state index in [0.29, 0.717) is 30.5 Å². The van der Waals surface area contributed by atoms with Crippen molar-refractivity contribution in [3.63, 3.8) is 0 Å². The standard InChI is InChI=1S/C21H32N4O2S2/c1-5-24(6-2)17(26)14-28-21-22-19-18(15-10-7-8-11-16(15)29-19)20(27)25(21)13-9-12-23(3)4/h5-14H2,1-4H3. The van der Waals surface area contributed by atoms with Crippen molar-refractivity contribution >= 4 is 39.2 Å². The molecule has 2 aromatic heterocycles. The molecule has 1 amide bonds. The zero-order valence-corrected chi connectivity index (χ0v) is 19.6. The minimum absolute atomic E-state index is 0.0749. The summed E-state index contributed by atoms with van der Waals surface area (Å²) < 4.78 is 1.81. The first-order chi connectivity index (χ1) is 14.0. The Morgan fingerprint density at radius 2 is 1.93 bits per heavy atom. The molecule has 0 saturated carbocycles. The van der Waals surface area contributed by atoms with E-state index in [1.165, 1.54) is 28.6 Å². The number of aryl methyl sites for hydroxylation is 2. The molecule has 1 aliphatic rings. The van der Waals surface area contributed by atoms with Gasteiger partial charge >= 0.3 is 0 Å². The normalized spacial score (nSPS) is 13.8. The molecule has 0 fully saturated rings. The molecule has 2 aromatic rings. The van der Waals surface area contributed by atoms with Crippen molar-refractivity contribution in [1.29, 1.82) is 0 Å². The quantitative estimate of drug-likeness (QED) is 0.446. The third-order valence-corrected chi connectivity index (χ3v) is 7.61. The minimum Gasteiger partial charge on any atom is -0.343 e. The summed E-state index contributed by atoms with van der Waals surface area (Å²) in [5.74, 6) is 0.415. The monoisotopic (exact) mass is 436 g/mol. The average molecular weight is 437 g/mol. The average Bonchev–Trinajstić information content (AvgIpc) is 3.07. The van der Waals surface area contributed by atoms with Crippen LogP contribution in [0, 0.1) is 0 Å². The van der Waals surface area contributed by atoms with Gasteiger partial charge in [0.15, 0.2) is 5.16 Å². The topological polar surface area (TPSA) is 58.4 Å². The van der Waals surface area contributed by atoms with E-state index in [1.807, 2.05) is 37.4 Å². The van der Waals surface area contributed by atoms with Gasteiger partial charge in [-0.2, -0.15) is 0 Å². The SMILES string of the molecule is CCN(CC)C(=O)CSc1nc2sc3c(c2c(=O)n1CCCN(C)C)CCCC3.